The standard InChI is InChI=1S/C3H6O2S.C2H6O3S2.2Na/c1-2(6)3(4)5;3-7(4,5)2-1-6;;/h2,6H,1H3,(H,4,5);6H,1-2H2,(H,3,4,5);;/q;;2*+1/p-2. The van der Waals surface area contributed by atoms with Crippen LogP contribution < -0.4 is 64.2 Å². The summed E-state index contributed by atoms with van der Waals surface area (Å²) in [5, 5.41) is 8.86. The van der Waals surface area contributed by atoms with E-state index in [1.165, 1.54) is 6.92 Å². The van der Waals surface area contributed by atoms with Gasteiger partial charge in [0.15, 0.2) is 0 Å². The van der Waals surface area contributed by atoms with Gasteiger partial charge in [0.2, 0.25) is 0 Å². The fourth-order valence-electron chi connectivity index (χ4n) is 0.112. The van der Waals surface area contributed by atoms with Gasteiger partial charge in [-0.05, 0) is 6.92 Å². The van der Waals surface area contributed by atoms with Crippen LogP contribution in [0.5, 0.6) is 0 Å². The maximum absolute atomic E-state index is 9.63. The van der Waals surface area contributed by atoms with Gasteiger partial charge in [0, 0.05) is 16.8 Å². The van der Waals surface area contributed by atoms with Crippen LogP contribution in [0.15, 0.2) is 0 Å². The molecule has 1 unspecified atom stereocenters. The molecule has 0 bridgehead atoms. The van der Waals surface area contributed by atoms with E-state index in [4.69, 9.17) is 0 Å². The van der Waals surface area contributed by atoms with Crippen LogP contribution in [0.1, 0.15) is 6.92 Å². The van der Waals surface area contributed by atoms with Gasteiger partial charge in [-0.2, -0.15) is 25.3 Å². The quantitative estimate of drug-likeness (QED) is 0.306. The molecule has 0 N–H and O–H groups in total. The minimum Gasteiger partial charge on any atom is -0.748 e. The van der Waals surface area contributed by atoms with Crippen molar-refractivity contribution in [3.63, 3.8) is 0 Å². The Kier molecular flexibility index (Phi) is 24.3. The Labute approximate surface area is 145 Å². The number of carboxylic acid groups (broad SMARTS) is 1. The Bertz CT molecular complexity index is 241. The van der Waals surface area contributed by atoms with Gasteiger partial charge >= 0.3 is 59.1 Å². The zero-order valence-electron chi connectivity index (χ0n) is 8.84. The molecule has 0 aromatic rings. The van der Waals surface area contributed by atoms with E-state index >= 15 is 0 Å². The predicted molar refractivity (Wildman–Crippen MR) is 51.9 cm³/mol. The van der Waals surface area contributed by atoms with Crippen LogP contribution in [0.2, 0.25) is 0 Å². The van der Waals surface area contributed by atoms with Gasteiger partial charge in [-0.1, -0.05) is 0 Å². The van der Waals surface area contributed by atoms with Crippen molar-refractivity contribution in [1.29, 1.82) is 0 Å². The smallest absolute Gasteiger partial charge is 0.748 e. The summed E-state index contributed by atoms with van der Waals surface area (Å²) >= 11 is 7.07. The van der Waals surface area contributed by atoms with E-state index in [0.29, 0.717) is 0 Å². The van der Waals surface area contributed by atoms with Crippen molar-refractivity contribution in [2.45, 2.75) is 12.2 Å². The molecular formula is C5H10Na2O5S3. The topological polar surface area (TPSA) is 97.3 Å². The first-order valence-corrected chi connectivity index (χ1v) is 5.86. The number of hydrogen-bond donors (Lipinski definition) is 2. The summed E-state index contributed by atoms with van der Waals surface area (Å²) in [4.78, 5) is 9.51. The third kappa shape index (κ3) is 31.4. The average Bonchev–Trinajstić information content (AvgIpc) is 1.85. The normalized spacial score (nSPS) is 10.9. The molecule has 15 heavy (non-hydrogen) atoms. The van der Waals surface area contributed by atoms with E-state index in [9.17, 15) is 22.9 Å². The molecule has 5 nitrogen and oxygen atoms in total. The molecule has 10 heteroatoms. The summed E-state index contributed by atoms with van der Waals surface area (Å²) in [6.45, 7) is 1.44. The molecule has 80 valence electrons. The molecule has 0 aliphatic rings. The minimum absolute atomic E-state index is 0. The number of rotatable bonds is 3. The third-order valence-electron chi connectivity index (χ3n) is 0.682. The van der Waals surface area contributed by atoms with E-state index < -0.39 is 21.3 Å². The maximum atomic E-state index is 9.63. The zero-order chi connectivity index (χ0) is 11.1. The van der Waals surface area contributed by atoms with Crippen molar-refractivity contribution in [1.82, 2.24) is 0 Å². The largest absolute Gasteiger partial charge is 1.00 e. The third-order valence-corrected chi connectivity index (χ3v) is 2.12. The number of carbonyl (C=O) groups is 1. The fourth-order valence-corrected chi connectivity index (χ4v) is 1.01. The van der Waals surface area contributed by atoms with Crippen LogP contribution in [0.25, 0.3) is 0 Å². The molecule has 0 spiro atoms. The Morgan fingerprint density at radius 1 is 1.40 bits per heavy atom. The second-order valence-corrected chi connectivity index (χ2v) is 4.73. The predicted octanol–water partition coefficient (Wildman–Crippen LogP) is -7.48. The minimum atomic E-state index is -4.00. The van der Waals surface area contributed by atoms with Crippen LogP contribution in [0, 0.1) is 0 Å². The summed E-state index contributed by atoms with van der Waals surface area (Å²) in [6, 6.07) is 0. The summed E-state index contributed by atoms with van der Waals surface area (Å²) in [6.07, 6.45) is 0. The number of thiol groups is 2. The van der Waals surface area contributed by atoms with Crippen molar-refractivity contribution >= 4 is 41.3 Å². The maximum Gasteiger partial charge on any atom is 1.00 e. The summed E-state index contributed by atoms with van der Waals surface area (Å²) < 4.78 is 28.9. The number of carboxylic acids is 1. The first-order valence-electron chi connectivity index (χ1n) is 3.14. The molecule has 0 aliphatic carbocycles. The van der Waals surface area contributed by atoms with Crippen molar-refractivity contribution in [2.75, 3.05) is 11.5 Å². The van der Waals surface area contributed by atoms with Gasteiger partial charge in [-0.3, -0.25) is 0 Å². The van der Waals surface area contributed by atoms with Gasteiger partial charge in [0.05, 0.1) is 16.1 Å². The Morgan fingerprint density at radius 3 is 1.67 bits per heavy atom. The van der Waals surface area contributed by atoms with E-state index in [1.54, 1.807) is 0 Å². The molecule has 0 radical (unpaired) electrons. The summed E-state index contributed by atoms with van der Waals surface area (Å²) in [7, 11) is -4.00. The molecular weight excluding hydrogens is 282 g/mol. The second kappa shape index (κ2) is 14.1. The number of hydrogen-bond acceptors (Lipinski definition) is 7. The summed E-state index contributed by atoms with van der Waals surface area (Å²) in [5.74, 6) is -1.40. The van der Waals surface area contributed by atoms with Crippen molar-refractivity contribution in [3.05, 3.63) is 0 Å². The first-order chi connectivity index (χ1) is 5.70. The molecule has 0 aromatic heterocycles. The molecule has 0 aromatic carbocycles. The van der Waals surface area contributed by atoms with Crippen molar-refractivity contribution in [3.8, 4) is 0 Å². The zero-order valence-corrected chi connectivity index (χ0v) is 15.4. The molecule has 0 saturated carbocycles. The SMILES string of the molecule is CC(S)C(=O)[O-].O=S(=O)([O-])CCS.[Na+].[Na+]. The van der Waals surface area contributed by atoms with E-state index in [0.717, 1.165) is 0 Å². The number of carbonyl (C=O) groups excluding carboxylic acids is 1. The van der Waals surface area contributed by atoms with Crippen LogP contribution >= 0.6 is 25.3 Å². The molecule has 0 amide bonds. The van der Waals surface area contributed by atoms with Crippen LogP contribution in [0.4, 0.5) is 0 Å². The monoisotopic (exact) mass is 292 g/mol. The molecule has 0 saturated heterocycles. The molecule has 0 fully saturated rings. The van der Waals surface area contributed by atoms with Crippen LogP contribution in [-0.2, 0) is 14.9 Å². The van der Waals surface area contributed by atoms with Crippen molar-refractivity contribution < 1.29 is 82.0 Å². The molecule has 0 heterocycles. The van der Waals surface area contributed by atoms with Crippen LogP contribution in [0.3, 0.4) is 0 Å². The van der Waals surface area contributed by atoms with Crippen molar-refractivity contribution in [2.24, 2.45) is 0 Å². The van der Waals surface area contributed by atoms with Gasteiger partial charge < -0.3 is 14.5 Å². The van der Waals surface area contributed by atoms with E-state index in [1.807, 2.05) is 0 Å². The van der Waals surface area contributed by atoms with Gasteiger partial charge in [0.1, 0.15) is 0 Å². The first kappa shape index (κ1) is 25.8. The summed E-state index contributed by atoms with van der Waals surface area (Å²) in [5.41, 5.74) is 0. The fraction of sp³-hybridized carbons (Fsp3) is 0.800. The molecule has 0 aliphatic heterocycles. The molecule has 1 atom stereocenters. The van der Waals surface area contributed by atoms with Gasteiger partial charge in [-0.25, -0.2) is 8.42 Å². The Morgan fingerprint density at radius 2 is 1.67 bits per heavy atom. The average molecular weight is 292 g/mol. The number of aliphatic carboxylic acids is 1. The molecule has 0 rings (SSSR count). The van der Waals surface area contributed by atoms with Gasteiger partial charge in [0.25, 0.3) is 0 Å². The van der Waals surface area contributed by atoms with Gasteiger partial charge in [-0.15, -0.1) is 0 Å². The van der Waals surface area contributed by atoms with E-state index in [2.05, 4.69) is 25.3 Å². The van der Waals surface area contributed by atoms with E-state index in [-0.39, 0.29) is 70.6 Å². The Balaban J connectivity index is -0.0000000718. The Hall–Kier alpha value is 2.08. The second-order valence-electron chi connectivity index (χ2n) is 1.98. The van der Waals surface area contributed by atoms with Crippen LogP contribution in [-0.4, -0.2) is 35.7 Å².